The second-order valence-electron chi connectivity index (χ2n) is 7.38. The second kappa shape index (κ2) is 9.94. The Kier molecular flexibility index (Phi) is 7.03. The van der Waals surface area contributed by atoms with E-state index >= 15 is 0 Å². The molecule has 1 saturated heterocycles. The van der Waals surface area contributed by atoms with Gasteiger partial charge in [-0.3, -0.25) is 14.2 Å². The summed E-state index contributed by atoms with van der Waals surface area (Å²) in [6, 6.07) is 10.1. The molecule has 1 fully saturated rings. The van der Waals surface area contributed by atoms with E-state index in [1.165, 1.54) is 18.9 Å². The molecule has 0 spiro atoms. The molecule has 7 nitrogen and oxygen atoms in total. The van der Waals surface area contributed by atoms with Crippen LogP contribution < -0.4 is 15.0 Å². The molecule has 3 aromatic rings. The Labute approximate surface area is 194 Å². The zero-order chi connectivity index (χ0) is 22.7. The van der Waals surface area contributed by atoms with Crippen LogP contribution in [-0.2, 0) is 11.3 Å². The van der Waals surface area contributed by atoms with Crippen LogP contribution in [0.2, 0.25) is 5.02 Å². The lowest BCUT2D eigenvalue weighted by Crippen LogP contribution is -2.29. The Bertz CT molecular complexity index is 1210. The Balaban J connectivity index is 1.67. The molecule has 2 aromatic carbocycles. The third-order valence-corrected chi connectivity index (χ3v) is 6.54. The molecule has 32 heavy (non-hydrogen) atoms. The van der Waals surface area contributed by atoms with Gasteiger partial charge in [0.1, 0.15) is 11.5 Å². The number of Topliss-reactive ketones (excluding diaryl/α,β-unsaturated/α-hetero) is 1. The number of ether oxygens (including phenoxy) is 3. The van der Waals surface area contributed by atoms with E-state index in [1.807, 2.05) is 0 Å². The molecular weight excluding hydrogens is 452 g/mol. The minimum atomic E-state index is -0.170. The summed E-state index contributed by atoms with van der Waals surface area (Å²) in [6.45, 7) is 1.08. The molecule has 0 aliphatic carbocycles. The lowest BCUT2D eigenvalue weighted by molar-refractivity contribution is 0.0937. The van der Waals surface area contributed by atoms with E-state index < -0.39 is 0 Å². The average molecular weight is 475 g/mol. The van der Waals surface area contributed by atoms with Crippen LogP contribution >= 0.6 is 23.4 Å². The van der Waals surface area contributed by atoms with Crippen LogP contribution in [0.4, 0.5) is 0 Å². The summed E-state index contributed by atoms with van der Waals surface area (Å²) in [6.07, 6.45) is 1.80. The minimum Gasteiger partial charge on any atom is -0.497 e. The number of methoxy groups -OCH3 is 2. The van der Waals surface area contributed by atoms with Gasteiger partial charge in [-0.1, -0.05) is 23.4 Å². The van der Waals surface area contributed by atoms with Gasteiger partial charge in [-0.05, 0) is 49.2 Å². The number of rotatable bonds is 8. The maximum atomic E-state index is 13.2. The summed E-state index contributed by atoms with van der Waals surface area (Å²) in [5.41, 5.74) is 0.743. The molecule has 0 N–H and O–H groups in total. The van der Waals surface area contributed by atoms with Crippen molar-refractivity contribution < 1.29 is 19.0 Å². The lowest BCUT2D eigenvalue weighted by atomic mass is 10.1. The lowest BCUT2D eigenvalue weighted by Gasteiger charge is -2.16. The number of fused-ring (bicyclic) bond motifs is 1. The van der Waals surface area contributed by atoms with Gasteiger partial charge >= 0.3 is 0 Å². The Morgan fingerprint density at radius 3 is 2.81 bits per heavy atom. The van der Waals surface area contributed by atoms with E-state index in [9.17, 15) is 9.59 Å². The number of aromatic nitrogens is 2. The van der Waals surface area contributed by atoms with Crippen molar-refractivity contribution in [2.24, 2.45) is 0 Å². The highest BCUT2D eigenvalue weighted by Gasteiger charge is 2.22. The standard InChI is InChI=1S/C23H23ClN2O5S/c1-29-15-6-8-21(30-2)18(11-15)20(27)13-32-23-25-19-10-14(24)5-7-17(19)22(28)26(23)12-16-4-3-9-31-16/h5-8,10-11,16H,3-4,9,12-13H2,1-2H3/t16-/m1/s1. The van der Waals surface area contributed by atoms with Crippen LogP contribution in [0.5, 0.6) is 11.5 Å². The third kappa shape index (κ3) is 4.77. The highest BCUT2D eigenvalue weighted by Crippen LogP contribution is 2.28. The summed E-state index contributed by atoms with van der Waals surface area (Å²) >= 11 is 7.32. The molecule has 1 aromatic heterocycles. The first kappa shape index (κ1) is 22.6. The molecule has 9 heteroatoms. The highest BCUT2D eigenvalue weighted by atomic mass is 35.5. The normalized spacial score (nSPS) is 15.8. The number of hydrogen-bond acceptors (Lipinski definition) is 7. The smallest absolute Gasteiger partial charge is 0.262 e. The van der Waals surface area contributed by atoms with Crippen LogP contribution in [0.3, 0.4) is 0 Å². The molecule has 1 atom stereocenters. The van der Waals surface area contributed by atoms with Crippen LogP contribution in [0.25, 0.3) is 10.9 Å². The molecule has 0 radical (unpaired) electrons. The van der Waals surface area contributed by atoms with Crippen LogP contribution in [-0.4, -0.2) is 48.0 Å². The van der Waals surface area contributed by atoms with Crippen molar-refractivity contribution in [2.75, 3.05) is 26.6 Å². The summed E-state index contributed by atoms with van der Waals surface area (Å²) in [4.78, 5) is 30.9. The van der Waals surface area contributed by atoms with Gasteiger partial charge in [0.25, 0.3) is 5.56 Å². The first-order chi connectivity index (χ1) is 15.5. The zero-order valence-corrected chi connectivity index (χ0v) is 19.4. The van der Waals surface area contributed by atoms with Crippen molar-refractivity contribution in [2.45, 2.75) is 30.6 Å². The van der Waals surface area contributed by atoms with Gasteiger partial charge in [0.05, 0.1) is 49.1 Å². The summed E-state index contributed by atoms with van der Waals surface area (Å²) in [5, 5.41) is 1.43. The maximum absolute atomic E-state index is 13.2. The van der Waals surface area contributed by atoms with Crippen molar-refractivity contribution >= 4 is 40.0 Å². The minimum absolute atomic E-state index is 0.0484. The molecule has 0 amide bonds. The highest BCUT2D eigenvalue weighted by molar-refractivity contribution is 7.99. The van der Waals surface area contributed by atoms with Crippen molar-refractivity contribution in [3.8, 4) is 11.5 Å². The van der Waals surface area contributed by atoms with E-state index in [-0.39, 0.29) is 23.2 Å². The largest absolute Gasteiger partial charge is 0.497 e. The molecule has 4 rings (SSSR count). The predicted molar refractivity (Wildman–Crippen MR) is 125 cm³/mol. The molecule has 0 bridgehead atoms. The van der Waals surface area contributed by atoms with E-state index in [4.69, 9.17) is 25.8 Å². The van der Waals surface area contributed by atoms with E-state index in [1.54, 1.807) is 48.1 Å². The third-order valence-electron chi connectivity index (χ3n) is 5.33. The SMILES string of the molecule is COc1ccc(OC)c(C(=O)CSc2nc3cc(Cl)ccc3c(=O)n2C[C@H]2CCCO2)c1. The maximum Gasteiger partial charge on any atom is 0.262 e. The van der Waals surface area contributed by atoms with E-state index in [2.05, 4.69) is 4.98 Å². The zero-order valence-electron chi connectivity index (χ0n) is 17.8. The van der Waals surface area contributed by atoms with Crippen molar-refractivity contribution in [3.63, 3.8) is 0 Å². The summed E-state index contributed by atoms with van der Waals surface area (Å²) in [5.74, 6) is 0.947. The van der Waals surface area contributed by atoms with Gasteiger partial charge in [-0.2, -0.15) is 0 Å². The molecule has 168 valence electrons. The van der Waals surface area contributed by atoms with Gasteiger partial charge in [0, 0.05) is 11.6 Å². The number of nitrogens with zero attached hydrogens (tertiary/aromatic N) is 2. The van der Waals surface area contributed by atoms with Crippen LogP contribution in [0.1, 0.15) is 23.2 Å². The van der Waals surface area contributed by atoms with E-state index in [0.717, 1.165) is 12.8 Å². The number of hydrogen-bond donors (Lipinski definition) is 0. The van der Waals surface area contributed by atoms with Gasteiger partial charge in [0.15, 0.2) is 10.9 Å². The Morgan fingerprint density at radius 2 is 2.09 bits per heavy atom. The molecule has 1 aliphatic heterocycles. The average Bonchev–Trinajstić information content (AvgIpc) is 3.32. The fourth-order valence-electron chi connectivity index (χ4n) is 3.68. The van der Waals surface area contributed by atoms with E-state index in [0.29, 0.717) is 51.3 Å². The number of halogens is 1. The number of benzene rings is 2. The van der Waals surface area contributed by atoms with Crippen molar-refractivity contribution in [1.29, 1.82) is 0 Å². The van der Waals surface area contributed by atoms with Gasteiger partial charge in [0.2, 0.25) is 0 Å². The summed E-state index contributed by atoms with van der Waals surface area (Å²) in [7, 11) is 3.05. The summed E-state index contributed by atoms with van der Waals surface area (Å²) < 4.78 is 17.9. The van der Waals surface area contributed by atoms with Crippen molar-refractivity contribution in [1.82, 2.24) is 9.55 Å². The fourth-order valence-corrected chi connectivity index (χ4v) is 4.74. The van der Waals surface area contributed by atoms with Gasteiger partial charge < -0.3 is 14.2 Å². The molecule has 1 aliphatic rings. The number of carbonyl (C=O) groups excluding carboxylic acids is 1. The van der Waals surface area contributed by atoms with Crippen LogP contribution in [0, 0.1) is 0 Å². The fraction of sp³-hybridized carbons (Fsp3) is 0.348. The number of carbonyl (C=O) groups is 1. The monoisotopic (exact) mass is 474 g/mol. The molecule has 0 unspecified atom stereocenters. The first-order valence-corrected chi connectivity index (χ1v) is 11.6. The molecular formula is C23H23ClN2O5S. The number of thioether (sulfide) groups is 1. The first-order valence-electron chi connectivity index (χ1n) is 10.2. The topological polar surface area (TPSA) is 79.7 Å². The van der Waals surface area contributed by atoms with Gasteiger partial charge in [-0.25, -0.2) is 4.98 Å². The number of ketones is 1. The van der Waals surface area contributed by atoms with Gasteiger partial charge in [-0.15, -0.1) is 0 Å². The second-order valence-corrected chi connectivity index (χ2v) is 8.76. The Hall–Kier alpha value is -2.55. The predicted octanol–water partition coefficient (Wildman–Crippen LogP) is 4.22. The van der Waals surface area contributed by atoms with Crippen LogP contribution in [0.15, 0.2) is 46.3 Å². The quantitative estimate of drug-likeness (QED) is 0.274. The van der Waals surface area contributed by atoms with Crippen molar-refractivity contribution in [3.05, 3.63) is 57.3 Å². The Morgan fingerprint density at radius 1 is 1.25 bits per heavy atom. The molecule has 0 saturated carbocycles. The molecule has 2 heterocycles.